The Bertz CT molecular complexity index is 229. The second-order valence-corrected chi connectivity index (χ2v) is 1.90. The number of rotatable bonds is 1. The fourth-order valence-corrected chi connectivity index (χ4v) is 0.681. The van der Waals surface area contributed by atoms with Crippen molar-refractivity contribution in [1.29, 1.82) is 0 Å². The summed E-state index contributed by atoms with van der Waals surface area (Å²) in [5.41, 5.74) is 1.10. The lowest BCUT2D eigenvalue weighted by atomic mass is 10.3. The highest BCUT2D eigenvalue weighted by Crippen LogP contribution is 1.94. The molecular weight excluding hydrogens is 112 g/mol. The first-order valence-electron chi connectivity index (χ1n) is 2.74. The standard InChI is InChI=1S/C7H8N2/c1-3-4-7-5-8-9(2)6-7/h1,5-6H,4H2,2H3. The molecule has 0 aliphatic heterocycles. The lowest BCUT2D eigenvalue weighted by molar-refractivity contribution is 0.767. The van der Waals surface area contributed by atoms with E-state index >= 15 is 0 Å². The Morgan fingerprint density at radius 2 is 2.67 bits per heavy atom. The molecule has 9 heavy (non-hydrogen) atoms. The molecule has 0 aromatic carbocycles. The molecule has 0 aliphatic rings. The molecule has 2 heteroatoms. The molecule has 0 radical (unpaired) electrons. The van der Waals surface area contributed by atoms with Crippen LogP contribution in [-0.2, 0) is 13.5 Å². The number of aryl methyl sites for hydroxylation is 1. The average Bonchev–Trinajstić information content (AvgIpc) is 2.17. The van der Waals surface area contributed by atoms with Gasteiger partial charge in [-0.25, -0.2) is 0 Å². The lowest BCUT2D eigenvalue weighted by Crippen LogP contribution is -1.84. The highest BCUT2D eigenvalue weighted by molar-refractivity contribution is 5.11. The van der Waals surface area contributed by atoms with Crippen molar-refractivity contribution in [2.75, 3.05) is 0 Å². The minimum Gasteiger partial charge on any atom is -0.276 e. The largest absolute Gasteiger partial charge is 0.276 e. The van der Waals surface area contributed by atoms with Crippen LogP contribution in [0.3, 0.4) is 0 Å². The van der Waals surface area contributed by atoms with Crippen LogP contribution in [0.15, 0.2) is 12.4 Å². The van der Waals surface area contributed by atoms with Crippen molar-refractivity contribution in [2.24, 2.45) is 7.05 Å². The van der Waals surface area contributed by atoms with Gasteiger partial charge in [0.1, 0.15) is 0 Å². The normalized spacial score (nSPS) is 8.89. The Morgan fingerprint density at radius 3 is 3.11 bits per heavy atom. The summed E-state index contributed by atoms with van der Waals surface area (Å²) in [5.74, 6) is 2.54. The summed E-state index contributed by atoms with van der Waals surface area (Å²) in [5, 5.41) is 3.96. The lowest BCUT2D eigenvalue weighted by Gasteiger charge is -1.81. The van der Waals surface area contributed by atoms with Crippen molar-refractivity contribution in [3.05, 3.63) is 18.0 Å². The molecule has 1 aromatic heterocycles. The van der Waals surface area contributed by atoms with Gasteiger partial charge in [-0.2, -0.15) is 5.10 Å². The van der Waals surface area contributed by atoms with Gasteiger partial charge in [0, 0.05) is 25.2 Å². The van der Waals surface area contributed by atoms with Gasteiger partial charge in [0.05, 0.1) is 6.20 Å². The van der Waals surface area contributed by atoms with Crippen LogP contribution in [0.2, 0.25) is 0 Å². The molecule has 46 valence electrons. The van der Waals surface area contributed by atoms with Crippen molar-refractivity contribution in [3.63, 3.8) is 0 Å². The maximum atomic E-state index is 5.08. The number of terminal acetylenes is 1. The van der Waals surface area contributed by atoms with Gasteiger partial charge in [-0.1, -0.05) is 0 Å². The van der Waals surface area contributed by atoms with Crippen molar-refractivity contribution < 1.29 is 0 Å². The van der Waals surface area contributed by atoms with Gasteiger partial charge in [0.15, 0.2) is 0 Å². The molecule has 0 N–H and O–H groups in total. The van der Waals surface area contributed by atoms with Crippen LogP contribution in [0, 0.1) is 12.3 Å². The third kappa shape index (κ3) is 1.33. The van der Waals surface area contributed by atoms with E-state index in [4.69, 9.17) is 6.42 Å². The van der Waals surface area contributed by atoms with Gasteiger partial charge in [-0.3, -0.25) is 4.68 Å². The molecule has 0 aliphatic carbocycles. The van der Waals surface area contributed by atoms with Crippen molar-refractivity contribution in [2.45, 2.75) is 6.42 Å². The summed E-state index contributed by atoms with van der Waals surface area (Å²) in [4.78, 5) is 0. The molecule has 1 aromatic rings. The number of nitrogens with zero attached hydrogens (tertiary/aromatic N) is 2. The molecule has 0 amide bonds. The SMILES string of the molecule is C#CCc1cnn(C)c1. The molecular formula is C7H8N2. The van der Waals surface area contributed by atoms with Crippen molar-refractivity contribution >= 4 is 0 Å². The van der Waals surface area contributed by atoms with Gasteiger partial charge in [-0.05, 0) is 0 Å². The van der Waals surface area contributed by atoms with Gasteiger partial charge in [0.2, 0.25) is 0 Å². The predicted molar refractivity (Wildman–Crippen MR) is 35.7 cm³/mol. The van der Waals surface area contributed by atoms with E-state index in [-0.39, 0.29) is 0 Å². The molecule has 0 saturated heterocycles. The topological polar surface area (TPSA) is 17.8 Å². The zero-order chi connectivity index (χ0) is 6.69. The summed E-state index contributed by atoms with van der Waals surface area (Å²) in [6, 6.07) is 0. The van der Waals surface area contributed by atoms with E-state index < -0.39 is 0 Å². The number of hydrogen-bond acceptors (Lipinski definition) is 1. The zero-order valence-electron chi connectivity index (χ0n) is 5.33. The Balaban J connectivity index is 2.76. The molecule has 1 heterocycles. The maximum absolute atomic E-state index is 5.08. The summed E-state index contributed by atoms with van der Waals surface area (Å²) in [6.07, 6.45) is 9.45. The van der Waals surface area contributed by atoms with E-state index in [0.717, 1.165) is 5.56 Å². The molecule has 0 fully saturated rings. The monoisotopic (exact) mass is 120 g/mol. The third-order valence-electron chi connectivity index (χ3n) is 1.06. The summed E-state index contributed by atoms with van der Waals surface area (Å²) in [6.45, 7) is 0. The van der Waals surface area contributed by atoms with E-state index in [1.807, 2.05) is 13.2 Å². The number of aromatic nitrogens is 2. The quantitative estimate of drug-likeness (QED) is 0.496. The van der Waals surface area contributed by atoms with Crippen LogP contribution in [0.25, 0.3) is 0 Å². The molecule has 0 spiro atoms. The molecule has 0 saturated carbocycles. The zero-order valence-corrected chi connectivity index (χ0v) is 5.33. The first-order valence-corrected chi connectivity index (χ1v) is 2.74. The van der Waals surface area contributed by atoms with Crippen LogP contribution in [0.5, 0.6) is 0 Å². The molecule has 2 nitrogen and oxygen atoms in total. The van der Waals surface area contributed by atoms with Crippen LogP contribution in [0.1, 0.15) is 5.56 Å². The first-order chi connectivity index (χ1) is 4.33. The van der Waals surface area contributed by atoms with Crippen molar-refractivity contribution in [1.82, 2.24) is 9.78 Å². The van der Waals surface area contributed by atoms with Crippen LogP contribution < -0.4 is 0 Å². The van der Waals surface area contributed by atoms with E-state index in [0.29, 0.717) is 6.42 Å². The van der Waals surface area contributed by atoms with Gasteiger partial charge in [0.25, 0.3) is 0 Å². The summed E-state index contributed by atoms with van der Waals surface area (Å²) < 4.78 is 1.74. The van der Waals surface area contributed by atoms with Crippen LogP contribution in [0.4, 0.5) is 0 Å². The van der Waals surface area contributed by atoms with E-state index in [9.17, 15) is 0 Å². The van der Waals surface area contributed by atoms with Gasteiger partial charge in [-0.15, -0.1) is 12.3 Å². The predicted octanol–water partition coefficient (Wildman–Crippen LogP) is 0.596. The Morgan fingerprint density at radius 1 is 1.89 bits per heavy atom. The minimum atomic E-state index is 0.674. The average molecular weight is 120 g/mol. The molecule has 0 atom stereocenters. The smallest absolute Gasteiger partial charge is 0.0531 e. The van der Waals surface area contributed by atoms with Crippen molar-refractivity contribution in [3.8, 4) is 12.3 Å². The fraction of sp³-hybridized carbons (Fsp3) is 0.286. The van der Waals surface area contributed by atoms with E-state index in [1.54, 1.807) is 10.9 Å². The van der Waals surface area contributed by atoms with Crippen LogP contribution >= 0.6 is 0 Å². The summed E-state index contributed by atoms with van der Waals surface area (Å²) in [7, 11) is 1.88. The second-order valence-electron chi connectivity index (χ2n) is 1.90. The maximum Gasteiger partial charge on any atom is 0.0531 e. The Hall–Kier alpha value is -1.23. The van der Waals surface area contributed by atoms with Gasteiger partial charge >= 0.3 is 0 Å². The minimum absolute atomic E-state index is 0.674. The number of hydrogen-bond donors (Lipinski definition) is 0. The Labute approximate surface area is 54.5 Å². The first kappa shape index (κ1) is 5.90. The Kier molecular flexibility index (Phi) is 1.55. The molecule has 0 unspecified atom stereocenters. The van der Waals surface area contributed by atoms with Crippen LogP contribution in [-0.4, -0.2) is 9.78 Å². The third-order valence-corrected chi connectivity index (χ3v) is 1.06. The van der Waals surface area contributed by atoms with Gasteiger partial charge < -0.3 is 0 Å². The second kappa shape index (κ2) is 2.36. The highest BCUT2D eigenvalue weighted by Gasteiger charge is 1.89. The van der Waals surface area contributed by atoms with E-state index in [1.165, 1.54) is 0 Å². The molecule has 0 bridgehead atoms. The summed E-state index contributed by atoms with van der Waals surface area (Å²) >= 11 is 0. The molecule has 1 rings (SSSR count). The fourth-order valence-electron chi connectivity index (χ4n) is 0.681. The highest BCUT2D eigenvalue weighted by atomic mass is 15.2. The van der Waals surface area contributed by atoms with E-state index in [2.05, 4.69) is 11.0 Å².